The molecule has 3 heterocycles. The zero-order chi connectivity index (χ0) is 22.7. The largest absolute Gasteiger partial charge is 0.381 e. The zero-order valence-electron chi connectivity index (χ0n) is 19.7. The number of hydrogen-bond acceptors (Lipinski definition) is 7. The summed E-state index contributed by atoms with van der Waals surface area (Å²) in [4.78, 5) is 14.0. The second kappa shape index (κ2) is 9.56. The van der Waals surface area contributed by atoms with Crippen LogP contribution in [0.5, 0.6) is 0 Å². The topological polar surface area (TPSA) is 85.3 Å². The van der Waals surface area contributed by atoms with Gasteiger partial charge in [-0.3, -0.25) is 0 Å². The van der Waals surface area contributed by atoms with Gasteiger partial charge in [0.05, 0.1) is 17.4 Å². The number of hydrogen-bond donors (Lipinski definition) is 1. The summed E-state index contributed by atoms with van der Waals surface area (Å²) < 4.78 is 7.71. The van der Waals surface area contributed by atoms with E-state index in [0.717, 1.165) is 73.2 Å². The maximum Gasteiger partial charge on any atom is 0.172 e. The third-order valence-electron chi connectivity index (χ3n) is 5.87. The highest BCUT2D eigenvalue weighted by Gasteiger charge is 2.18. The minimum atomic E-state index is -1.08. The van der Waals surface area contributed by atoms with Gasteiger partial charge in [-0.2, -0.15) is 5.10 Å². The quantitative estimate of drug-likeness (QED) is 0.433. The van der Waals surface area contributed by atoms with Gasteiger partial charge in [0.1, 0.15) is 6.73 Å². The van der Waals surface area contributed by atoms with Crippen molar-refractivity contribution in [1.82, 2.24) is 24.6 Å². The van der Waals surface area contributed by atoms with E-state index in [0.29, 0.717) is 12.5 Å². The lowest BCUT2D eigenvalue weighted by Gasteiger charge is -2.23. The van der Waals surface area contributed by atoms with Gasteiger partial charge >= 0.3 is 0 Å². The monoisotopic (exact) mass is 453 g/mol. The van der Waals surface area contributed by atoms with Crippen LogP contribution in [-0.2, 0) is 11.5 Å². The average molecular weight is 454 g/mol. The second-order valence-electron chi connectivity index (χ2n) is 9.90. The molecule has 8 nitrogen and oxygen atoms in total. The first-order valence-electron chi connectivity index (χ1n) is 11.4. The smallest absolute Gasteiger partial charge is 0.172 e. The highest BCUT2D eigenvalue weighted by atomic mass is 28.3. The van der Waals surface area contributed by atoms with E-state index in [1.165, 1.54) is 0 Å². The number of rotatable bonds is 7. The number of likely N-dealkylation sites (N-methyl/N-ethyl adjacent to an activating group) is 1. The molecule has 172 valence electrons. The summed E-state index contributed by atoms with van der Waals surface area (Å²) in [6, 6.07) is 7.35. The molecule has 1 aliphatic heterocycles. The highest BCUT2D eigenvalue weighted by Crippen LogP contribution is 2.27. The number of anilines is 2. The first-order chi connectivity index (χ1) is 15.3. The van der Waals surface area contributed by atoms with Crippen molar-refractivity contribution in [1.29, 1.82) is 0 Å². The Balaban J connectivity index is 1.51. The van der Waals surface area contributed by atoms with Crippen molar-refractivity contribution < 1.29 is 4.74 Å². The molecule has 1 fully saturated rings. The molecule has 3 aromatic rings. The lowest BCUT2D eigenvalue weighted by atomic mass is 10.1. The molecule has 0 spiro atoms. The van der Waals surface area contributed by atoms with Crippen molar-refractivity contribution >= 4 is 30.6 Å². The van der Waals surface area contributed by atoms with Gasteiger partial charge in [-0.25, -0.2) is 14.6 Å². The van der Waals surface area contributed by atoms with Gasteiger partial charge in [0.15, 0.2) is 11.6 Å². The lowest BCUT2D eigenvalue weighted by molar-refractivity contribution is 0.0791. The molecular weight excluding hydrogens is 418 g/mol. The Morgan fingerprint density at radius 2 is 1.97 bits per heavy atom. The van der Waals surface area contributed by atoms with Gasteiger partial charge in [0.2, 0.25) is 0 Å². The van der Waals surface area contributed by atoms with Crippen LogP contribution < -0.4 is 10.6 Å². The first-order valence-corrected chi connectivity index (χ1v) is 15.1. The standard InChI is InChI=1S/C23H35N7OSi/c1-28-8-5-9-29(11-10-28)23-22(24)25-15-21(26-23)18-6-7-20-19(14-18)16-30(27-20)17-31-12-13-32(2,3)4/h6-7,14-16H,5,8-13,17H2,1-4H3,(H2,24,25). The van der Waals surface area contributed by atoms with Crippen molar-refractivity contribution in [2.45, 2.75) is 38.8 Å². The van der Waals surface area contributed by atoms with Crippen molar-refractivity contribution in [3.63, 3.8) is 0 Å². The maximum atomic E-state index is 6.21. The van der Waals surface area contributed by atoms with E-state index < -0.39 is 8.07 Å². The van der Waals surface area contributed by atoms with E-state index in [2.05, 4.69) is 52.6 Å². The third-order valence-corrected chi connectivity index (χ3v) is 7.57. The van der Waals surface area contributed by atoms with Crippen LogP contribution in [0.3, 0.4) is 0 Å². The summed E-state index contributed by atoms with van der Waals surface area (Å²) in [5.41, 5.74) is 8.99. The van der Waals surface area contributed by atoms with E-state index in [1.54, 1.807) is 6.20 Å². The summed E-state index contributed by atoms with van der Waals surface area (Å²) in [6.07, 6.45) is 4.88. The Hall–Kier alpha value is -2.49. The van der Waals surface area contributed by atoms with Crippen LogP contribution in [0.4, 0.5) is 11.6 Å². The lowest BCUT2D eigenvalue weighted by Crippen LogP contribution is -2.30. The van der Waals surface area contributed by atoms with E-state index in [1.807, 2.05) is 23.0 Å². The molecule has 1 saturated heterocycles. The fourth-order valence-electron chi connectivity index (χ4n) is 3.86. The van der Waals surface area contributed by atoms with Crippen molar-refractivity contribution in [3.05, 3.63) is 30.6 Å². The number of ether oxygens (including phenoxy) is 1. The summed E-state index contributed by atoms with van der Waals surface area (Å²) in [5.74, 6) is 1.27. The van der Waals surface area contributed by atoms with Crippen LogP contribution in [0.25, 0.3) is 22.2 Å². The molecule has 32 heavy (non-hydrogen) atoms. The van der Waals surface area contributed by atoms with Crippen molar-refractivity contribution in [2.75, 3.05) is 50.5 Å². The molecule has 2 N–H and O–H groups in total. The summed E-state index contributed by atoms with van der Waals surface area (Å²) in [7, 11) is 1.07. The predicted molar refractivity (Wildman–Crippen MR) is 134 cm³/mol. The molecule has 0 aliphatic carbocycles. The maximum absolute atomic E-state index is 6.21. The van der Waals surface area contributed by atoms with Crippen LogP contribution >= 0.6 is 0 Å². The van der Waals surface area contributed by atoms with E-state index >= 15 is 0 Å². The van der Waals surface area contributed by atoms with Gasteiger partial charge in [-0.05, 0) is 38.2 Å². The molecule has 0 radical (unpaired) electrons. The van der Waals surface area contributed by atoms with Crippen molar-refractivity contribution in [2.24, 2.45) is 0 Å². The van der Waals surface area contributed by atoms with Gasteiger partial charge in [0, 0.05) is 51.5 Å². The minimum absolute atomic E-state index is 0.476. The summed E-state index contributed by atoms with van der Waals surface area (Å²) in [6.45, 7) is 12.3. The van der Waals surface area contributed by atoms with Crippen molar-refractivity contribution in [3.8, 4) is 11.3 Å². The Morgan fingerprint density at radius 3 is 2.78 bits per heavy atom. The Kier molecular flexibility index (Phi) is 6.78. The fourth-order valence-corrected chi connectivity index (χ4v) is 4.61. The molecule has 0 unspecified atom stereocenters. The number of aromatic nitrogens is 4. The Morgan fingerprint density at radius 1 is 1.12 bits per heavy atom. The van der Waals surface area contributed by atoms with E-state index in [-0.39, 0.29) is 0 Å². The zero-order valence-corrected chi connectivity index (χ0v) is 20.7. The average Bonchev–Trinajstić information content (AvgIpc) is 3.03. The van der Waals surface area contributed by atoms with Crippen LogP contribution in [0.2, 0.25) is 25.7 Å². The number of nitrogens with two attached hydrogens (primary N) is 1. The molecule has 1 aromatic carbocycles. The molecule has 0 saturated carbocycles. The molecule has 9 heteroatoms. The van der Waals surface area contributed by atoms with Crippen LogP contribution in [0, 0.1) is 0 Å². The minimum Gasteiger partial charge on any atom is -0.381 e. The molecule has 0 amide bonds. The fraction of sp³-hybridized carbons (Fsp3) is 0.522. The number of nitrogen functional groups attached to an aromatic ring is 1. The van der Waals surface area contributed by atoms with Crippen LogP contribution in [-0.4, -0.2) is 72.6 Å². The number of benzene rings is 1. The van der Waals surface area contributed by atoms with Crippen LogP contribution in [0.1, 0.15) is 6.42 Å². The van der Waals surface area contributed by atoms with Crippen LogP contribution in [0.15, 0.2) is 30.6 Å². The normalized spacial score (nSPS) is 15.9. The van der Waals surface area contributed by atoms with Gasteiger partial charge in [-0.15, -0.1) is 0 Å². The second-order valence-corrected chi connectivity index (χ2v) is 15.5. The number of fused-ring (bicyclic) bond motifs is 1. The molecule has 2 aromatic heterocycles. The Bertz CT molecular complexity index is 1060. The first kappa shape index (κ1) is 22.7. The Labute approximate surface area is 191 Å². The van der Waals surface area contributed by atoms with E-state index in [4.69, 9.17) is 15.5 Å². The van der Waals surface area contributed by atoms with E-state index in [9.17, 15) is 0 Å². The highest BCUT2D eigenvalue weighted by molar-refractivity contribution is 6.76. The van der Waals surface area contributed by atoms with Gasteiger partial charge in [0.25, 0.3) is 0 Å². The molecule has 0 atom stereocenters. The third kappa shape index (κ3) is 5.65. The molecular formula is C23H35N7OSi. The molecule has 4 rings (SSSR count). The SMILES string of the molecule is CN1CCCN(c2nc(-c3ccc4nn(COCC[Si](C)(C)C)cc4c3)cnc2N)CC1. The number of nitrogens with zero attached hydrogens (tertiary/aromatic N) is 6. The molecule has 1 aliphatic rings. The summed E-state index contributed by atoms with van der Waals surface area (Å²) in [5, 5.41) is 5.70. The summed E-state index contributed by atoms with van der Waals surface area (Å²) >= 11 is 0. The van der Waals surface area contributed by atoms with Gasteiger partial charge in [-0.1, -0.05) is 25.7 Å². The predicted octanol–water partition coefficient (Wildman–Crippen LogP) is 3.53. The van der Waals surface area contributed by atoms with Gasteiger partial charge < -0.3 is 20.3 Å². The molecule has 0 bridgehead atoms.